The Hall–Kier alpha value is -1.73. The molecule has 1 aliphatic rings. The summed E-state index contributed by atoms with van der Waals surface area (Å²) >= 11 is 0. The van der Waals surface area contributed by atoms with E-state index in [4.69, 9.17) is 0 Å². The summed E-state index contributed by atoms with van der Waals surface area (Å²) in [5.74, 6) is -0.0319. The van der Waals surface area contributed by atoms with Gasteiger partial charge in [-0.05, 0) is 50.8 Å². The van der Waals surface area contributed by atoms with Gasteiger partial charge in [-0.25, -0.2) is 13.1 Å². The molecule has 1 aromatic carbocycles. The number of Topliss-reactive ketones (excluding diaryl/α,β-unsaturated/α-hetero) is 1. The Kier molecular flexibility index (Phi) is 6.35. The van der Waals surface area contributed by atoms with E-state index in [1.165, 1.54) is 6.92 Å². The van der Waals surface area contributed by atoms with Gasteiger partial charge in [0, 0.05) is 32.0 Å². The number of amides is 1. The largest absolute Gasteiger partial charge is 0.343 e. The maximum atomic E-state index is 12.6. The van der Waals surface area contributed by atoms with Gasteiger partial charge in [-0.2, -0.15) is 0 Å². The Morgan fingerprint density at radius 3 is 2.40 bits per heavy atom. The molecule has 0 radical (unpaired) electrons. The lowest BCUT2D eigenvalue weighted by Crippen LogP contribution is -2.46. The molecule has 1 amide bonds. The fourth-order valence-corrected chi connectivity index (χ4v) is 4.60. The van der Waals surface area contributed by atoms with Crippen LogP contribution in [0.3, 0.4) is 0 Å². The van der Waals surface area contributed by atoms with Crippen molar-refractivity contribution in [2.45, 2.75) is 57.4 Å². The van der Waals surface area contributed by atoms with E-state index in [0.29, 0.717) is 30.8 Å². The maximum absolute atomic E-state index is 12.6. The first-order chi connectivity index (χ1) is 11.7. The topological polar surface area (TPSA) is 83.6 Å². The third kappa shape index (κ3) is 5.37. The van der Waals surface area contributed by atoms with Crippen molar-refractivity contribution < 1.29 is 18.0 Å². The van der Waals surface area contributed by atoms with Crippen molar-refractivity contribution in [3.63, 3.8) is 0 Å². The molecule has 1 aliphatic heterocycles. The molecule has 2 rings (SSSR count). The Morgan fingerprint density at radius 2 is 1.80 bits per heavy atom. The second kappa shape index (κ2) is 8.10. The molecule has 1 saturated heterocycles. The van der Waals surface area contributed by atoms with Crippen LogP contribution in [0.25, 0.3) is 0 Å². The molecule has 138 valence electrons. The van der Waals surface area contributed by atoms with E-state index < -0.39 is 10.0 Å². The van der Waals surface area contributed by atoms with Gasteiger partial charge in [0.15, 0.2) is 0 Å². The van der Waals surface area contributed by atoms with Crippen molar-refractivity contribution in [3.8, 4) is 0 Å². The molecule has 0 atom stereocenters. The molecule has 1 aromatic rings. The predicted octanol–water partition coefficient (Wildman–Crippen LogP) is 1.94. The highest BCUT2D eigenvalue weighted by atomic mass is 32.2. The molecule has 1 heterocycles. The number of ketones is 1. The minimum absolute atomic E-state index is 0.00419. The Labute approximate surface area is 149 Å². The van der Waals surface area contributed by atoms with Crippen LogP contribution in [-0.2, 0) is 19.6 Å². The minimum atomic E-state index is -3.57. The Bertz CT molecular complexity index is 750. The number of hydrogen-bond donors (Lipinski definition) is 1. The molecule has 0 aliphatic carbocycles. The number of carbonyl (C=O) groups is 2. The van der Waals surface area contributed by atoms with Crippen LogP contribution in [0.15, 0.2) is 23.1 Å². The lowest BCUT2D eigenvalue weighted by Gasteiger charge is -2.32. The standard InChI is InChI=1S/C18H26N2O4S/c1-13-4-5-14(2)17(12-13)25(23,24)19-16-8-10-20(11-9-16)18(22)7-6-15(3)21/h4-5,12,16,19H,6-11H2,1-3H3. The second-order valence-electron chi connectivity index (χ2n) is 6.75. The number of aryl methyl sites for hydroxylation is 2. The lowest BCUT2D eigenvalue weighted by molar-refractivity contribution is -0.133. The van der Waals surface area contributed by atoms with Crippen LogP contribution >= 0.6 is 0 Å². The molecule has 25 heavy (non-hydrogen) atoms. The van der Waals surface area contributed by atoms with Crippen LogP contribution < -0.4 is 4.72 Å². The number of carbonyl (C=O) groups excluding carboxylic acids is 2. The number of sulfonamides is 1. The Morgan fingerprint density at radius 1 is 1.16 bits per heavy atom. The summed E-state index contributed by atoms with van der Waals surface area (Å²) in [6.45, 7) is 6.14. The number of benzene rings is 1. The maximum Gasteiger partial charge on any atom is 0.241 e. The summed E-state index contributed by atoms with van der Waals surface area (Å²) in [6.07, 6.45) is 1.65. The first-order valence-corrected chi connectivity index (χ1v) is 10.0. The van der Waals surface area contributed by atoms with E-state index >= 15 is 0 Å². The Balaban J connectivity index is 1.94. The fraction of sp³-hybridized carbons (Fsp3) is 0.556. The summed E-state index contributed by atoms with van der Waals surface area (Å²) in [5, 5.41) is 0. The van der Waals surface area contributed by atoms with Crippen LogP contribution in [0.1, 0.15) is 43.7 Å². The zero-order chi connectivity index (χ0) is 18.6. The molecule has 0 saturated carbocycles. The second-order valence-corrected chi connectivity index (χ2v) is 8.43. The monoisotopic (exact) mass is 366 g/mol. The molecule has 1 fully saturated rings. The summed E-state index contributed by atoms with van der Waals surface area (Å²) < 4.78 is 28.0. The first-order valence-electron chi connectivity index (χ1n) is 8.56. The number of piperidine rings is 1. The van der Waals surface area contributed by atoms with Gasteiger partial charge in [0.2, 0.25) is 15.9 Å². The summed E-state index contributed by atoms with van der Waals surface area (Å²) in [6, 6.07) is 5.19. The highest BCUT2D eigenvalue weighted by molar-refractivity contribution is 7.89. The van der Waals surface area contributed by atoms with Crippen LogP contribution in [-0.4, -0.2) is 44.1 Å². The fourth-order valence-electron chi connectivity index (χ4n) is 2.97. The van der Waals surface area contributed by atoms with Crippen molar-refractivity contribution in [1.82, 2.24) is 9.62 Å². The number of nitrogens with zero attached hydrogens (tertiary/aromatic N) is 1. The highest BCUT2D eigenvalue weighted by Gasteiger charge is 2.27. The zero-order valence-electron chi connectivity index (χ0n) is 15.0. The first kappa shape index (κ1) is 19.6. The molecule has 0 unspecified atom stereocenters. The van der Waals surface area contributed by atoms with Crippen molar-refractivity contribution in [2.24, 2.45) is 0 Å². The van der Waals surface area contributed by atoms with E-state index in [0.717, 1.165) is 11.1 Å². The van der Waals surface area contributed by atoms with Crippen molar-refractivity contribution in [2.75, 3.05) is 13.1 Å². The van der Waals surface area contributed by atoms with Gasteiger partial charge >= 0.3 is 0 Å². The van der Waals surface area contributed by atoms with Crippen LogP contribution in [0.2, 0.25) is 0 Å². The van der Waals surface area contributed by atoms with Crippen molar-refractivity contribution in [1.29, 1.82) is 0 Å². The minimum Gasteiger partial charge on any atom is -0.343 e. The smallest absolute Gasteiger partial charge is 0.241 e. The molecular weight excluding hydrogens is 340 g/mol. The van der Waals surface area contributed by atoms with E-state index in [1.54, 1.807) is 24.0 Å². The normalized spacial score (nSPS) is 16.0. The van der Waals surface area contributed by atoms with Crippen molar-refractivity contribution >= 4 is 21.7 Å². The van der Waals surface area contributed by atoms with Gasteiger partial charge in [-0.15, -0.1) is 0 Å². The third-order valence-electron chi connectivity index (χ3n) is 4.49. The van der Waals surface area contributed by atoms with Gasteiger partial charge in [-0.3, -0.25) is 4.79 Å². The number of nitrogens with one attached hydrogen (secondary N) is 1. The van der Waals surface area contributed by atoms with Crippen LogP contribution in [0, 0.1) is 13.8 Å². The van der Waals surface area contributed by atoms with Gasteiger partial charge < -0.3 is 9.69 Å². The van der Waals surface area contributed by atoms with Gasteiger partial charge in [0.05, 0.1) is 4.90 Å². The van der Waals surface area contributed by atoms with E-state index in [9.17, 15) is 18.0 Å². The van der Waals surface area contributed by atoms with Crippen LogP contribution in [0.4, 0.5) is 0 Å². The lowest BCUT2D eigenvalue weighted by atomic mass is 10.1. The summed E-state index contributed by atoms with van der Waals surface area (Å²) in [7, 11) is -3.57. The SMILES string of the molecule is CC(=O)CCC(=O)N1CCC(NS(=O)(=O)c2cc(C)ccc2C)CC1. The molecule has 7 heteroatoms. The molecule has 0 bridgehead atoms. The van der Waals surface area contributed by atoms with E-state index in [-0.39, 0.29) is 30.6 Å². The van der Waals surface area contributed by atoms with Gasteiger partial charge in [0.1, 0.15) is 5.78 Å². The average Bonchev–Trinajstić information content (AvgIpc) is 2.55. The summed E-state index contributed by atoms with van der Waals surface area (Å²) in [4.78, 5) is 25.0. The van der Waals surface area contributed by atoms with Crippen LogP contribution in [0.5, 0.6) is 0 Å². The molecule has 0 spiro atoms. The quantitative estimate of drug-likeness (QED) is 0.834. The van der Waals surface area contributed by atoms with Crippen molar-refractivity contribution in [3.05, 3.63) is 29.3 Å². The van der Waals surface area contributed by atoms with Gasteiger partial charge in [0.25, 0.3) is 0 Å². The zero-order valence-corrected chi connectivity index (χ0v) is 15.9. The molecule has 1 N–H and O–H groups in total. The predicted molar refractivity (Wildman–Crippen MR) is 95.8 cm³/mol. The highest BCUT2D eigenvalue weighted by Crippen LogP contribution is 2.19. The third-order valence-corrected chi connectivity index (χ3v) is 6.16. The average molecular weight is 366 g/mol. The van der Waals surface area contributed by atoms with E-state index in [1.807, 2.05) is 13.0 Å². The van der Waals surface area contributed by atoms with Gasteiger partial charge in [-0.1, -0.05) is 12.1 Å². The number of hydrogen-bond acceptors (Lipinski definition) is 4. The summed E-state index contributed by atoms with van der Waals surface area (Å²) in [5.41, 5.74) is 1.62. The molecule has 6 nitrogen and oxygen atoms in total. The number of likely N-dealkylation sites (tertiary alicyclic amines) is 1. The van der Waals surface area contributed by atoms with E-state index in [2.05, 4.69) is 4.72 Å². The molecular formula is C18H26N2O4S. The molecule has 0 aromatic heterocycles. The number of rotatable bonds is 6.